The second-order valence-electron chi connectivity index (χ2n) is 5.61. The van der Waals surface area contributed by atoms with Gasteiger partial charge in [-0.2, -0.15) is 0 Å². The average molecular weight is 338 g/mol. The van der Waals surface area contributed by atoms with Crippen LogP contribution in [0.2, 0.25) is 0 Å². The predicted molar refractivity (Wildman–Crippen MR) is 88.1 cm³/mol. The molecule has 0 aliphatic heterocycles. The highest BCUT2D eigenvalue weighted by Crippen LogP contribution is 2.07. The Morgan fingerprint density at radius 2 is 1.50 bits per heavy atom. The number of carbonyl (C=O) groups is 2. The molecule has 6 nitrogen and oxygen atoms in total. The van der Waals surface area contributed by atoms with E-state index in [9.17, 15) is 9.59 Å². The number of hydrogen-bond acceptors (Lipinski definition) is 6. The zero-order valence-corrected chi connectivity index (χ0v) is 14.4. The van der Waals surface area contributed by atoms with E-state index in [-0.39, 0.29) is 6.61 Å². The van der Waals surface area contributed by atoms with Gasteiger partial charge in [-0.15, -0.1) is 0 Å². The molecule has 0 unspecified atom stereocenters. The summed E-state index contributed by atoms with van der Waals surface area (Å²) in [6.07, 6.45) is 6.81. The summed E-state index contributed by atoms with van der Waals surface area (Å²) in [5.74, 6) is -0.755. The van der Waals surface area contributed by atoms with Gasteiger partial charge in [0, 0.05) is 0 Å². The summed E-state index contributed by atoms with van der Waals surface area (Å²) < 4.78 is 4.80. The van der Waals surface area contributed by atoms with Gasteiger partial charge in [0.25, 0.3) is 0 Å². The van der Waals surface area contributed by atoms with Crippen LogP contribution < -0.4 is 0 Å². The van der Waals surface area contributed by atoms with Crippen LogP contribution in [0.4, 0.5) is 4.79 Å². The van der Waals surface area contributed by atoms with Crippen molar-refractivity contribution < 1.29 is 29.1 Å². The molecule has 0 heterocycles. The van der Waals surface area contributed by atoms with Crippen LogP contribution in [0.3, 0.4) is 0 Å². The Kier molecular flexibility index (Phi) is 10.3. The monoisotopic (exact) mass is 338 g/mol. The van der Waals surface area contributed by atoms with Gasteiger partial charge in [0.15, 0.2) is 0 Å². The van der Waals surface area contributed by atoms with Gasteiger partial charge in [-0.1, -0.05) is 63.1 Å². The van der Waals surface area contributed by atoms with Crippen molar-refractivity contribution in [3.05, 3.63) is 35.4 Å². The third kappa shape index (κ3) is 9.15. The molecule has 0 fully saturated rings. The summed E-state index contributed by atoms with van der Waals surface area (Å²) in [7, 11) is 0. The summed E-state index contributed by atoms with van der Waals surface area (Å²) in [4.78, 5) is 31.4. The number of benzene rings is 1. The van der Waals surface area contributed by atoms with Crippen molar-refractivity contribution in [1.82, 2.24) is 0 Å². The van der Waals surface area contributed by atoms with Crippen molar-refractivity contribution >= 4 is 12.1 Å². The smallest absolute Gasteiger partial charge is 0.432 e. The van der Waals surface area contributed by atoms with Gasteiger partial charge in [-0.25, -0.2) is 14.5 Å². The number of hydrogen-bond donors (Lipinski definition) is 0. The zero-order valence-electron chi connectivity index (χ0n) is 14.4. The Bertz CT molecular complexity index is 483. The molecule has 134 valence electrons. The van der Waals surface area contributed by atoms with Crippen LogP contribution in [0.5, 0.6) is 0 Å². The fourth-order valence-corrected chi connectivity index (χ4v) is 2.05. The molecule has 0 aromatic heterocycles. The van der Waals surface area contributed by atoms with E-state index in [1.165, 1.54) is 25.7 Å². The van der Waals surface area contributed by atoms with Crippen molar-refractivity contribution in [2.75, 3.05) is 6.61 Å². The van der Waals surface area contributed by atoms with Crippen LogP contribution in [0.1, 0.15) is 67.8 Å². The van der Waals surface area contributed by atoms with Crippen LogP contribution in [-0.2, 0) is 19.6 Å². The number of ether oxygens (including phenoxy) is 1. The minimum Gasteiger partial charge on any atom is -0.432 e. The minimum absolute atomic E-state index is 0.252. The summed E-state index contributed by atoms with van der Waals surface area (Å²) >= 11 is 0. The fourth-order valence-electron chi connectivity index (χ4n) is 2.05. The lowest BCUT2D eigenvalue weighted by atomic mass is 10.1. The first-order valence-corrected chi connectivity index (χ1v) is 8.42. The van der Waals surface area contributed by atoms with Crippen LogP contribution in [0.15, 0.2) is 24.3 Å². The highest BCUT2D eigenvalue weighted by molar-refractivity contribution is 5.88. The van der Waals surface area contributed by atoms with Crippen LogP contribution in [0, 0.1) is 6.92 Å². The van der Waals surface area contributed by atoms with E-state index in [4.69, 9.17) is 4.74 Å². The lowest BCUT2D eigenvalue weighted by molar-refractivity contribution is -0.452. The molecular formula is C18H26O6. The van der Waals surface area contributed by atoms with Gasteiger partial charge >= 0.3 is 12.1 Å². The SMILES string of the molecule is CCCCCCCCCOC(=O)OOOC(=O)c1ccc(C)cc1. The molecule has 1 rings (SSSR count). The molecule has 0 bridgehead atoms. The molecule has 0 saturated heterocycles. The molecule has 24 heavy (non-hydrogen) atoms. The average Bonchev–Trinajstić information content (AvgIpc) is 2.57. The molecule has 0 radical (unpaired) electrons. The third-order valence-electron chi connectivity index (χ3n) is 3.47. The van der Waals surface area contributed by atoms with E-state index in [1.807, 2.05) is 6.92 Å². The fraction of sp³-hybridized carbons (Fsp3) is 0.556. The molecule has 0 spiro atoms. The quantitative estimate of drug-likeness (QED) is 0.247. The van der Waals surface area contributed by atoms with Crippen molar-refractivity contribution in [3.63, 3.8) is 0 Å². The minimum atomic E-state index is -1.03. The van der Waals surface area contributed by atoms with Gasteiger partial charge in [0.2, 0.25) is 0 Å². The van der Waals surface area contributed by atoms with Gasteiger partial charge in [-0.05, 0) is 25.5 Å². The zero-order chi connectivity index (χ0) is 17.6. The predicted octanol–water partition coefficient (Wildman–Crippen LogP) is 4.90. The van der Waals surface area contributed by atoms with Crippen LogP contribution >= 0.6 is 0 Å². The topological polar surface area (TPSA) is 71.1 Å². The van der Waals surface area contributed by atoms with Gasteiger partial charge in [-0.3, -0.25) is 4.89 Å². The highest BCUT2D eigenvalue weighted by atomic mass is 17.5. The van der Waals surface area contributed by atoms with Crippen molar-refractivity contribution in [3.8, 4) is 0 Å². The molecule has 0 aliphatic rings. The lowest BCUT2D eigenvalue weighted by Gasteiger charge is -2.04. The number of carbonyl (C=O) groups excluding carboxylic acids is 2. The van der Waals surface area contributed by atoms with Crippen molar-refractivity contribution in [1.29, 1.82) is 0 Å². The molecule has 0 saturated carbocycles. The van der Waals surface area contributed by atoms with Crippen LogP contribution in [-0.4, -0.2) is 18.7 Å². The van der Waals surface area contributed by atoms with E-state index in [0.717, 1.165) is 24.8 Å². The van der Waals surface area contributed by atoms with E-state index < -0.39 is 12.1 Å². The molecule has 0 aliphatic carbocycles. The molecule has 1 aromatic rings. The first kappa shape index (κ1) is 20.0. The molecular weight excluding hydrogens is 312 g/mol. The Labute approximate surface area is 142 Å². The maximum atomic E-state index is 11.6. The summed E-state index contributed by atoms with van der Waals surface area (Å²) in [6, 6.07) is 6.68. The van der Waals surface area contributed by atoms with E-state index in [2.05, 4.69) is 21.7 Å². The second-order valence-corrected chi connectivity index (χ2v) is 5.61. The number of rotatable bonds is 11. The Morgan fingerprint density at radius 3 is 2.17 bits per heavy atom. The van der Waals surface area contributed by atoms with Gasteiger partial charge in [0.05, 0.1) is 17.2 Å². The molecule has 0 amide bonds. The van der Waals surface area contributed by atoms with E-state index in [1.54, 1.807) is 24.3 Å². The Morgan fingerprint density at radius 1 is 0.875 bits per heavy atom. The summed E-state index contributed by atoms with van der Waals surface area (Å²) in [5.41, 5.74) is 1.30. The van der Waals surface area contributed by atoms with E-state index in [0.29, 0.717) is 5.56 Å². The first-order chi connectivity index (χ1) is 11.6. The van der Waals surface area contributed by atoms with E-state index >= 15 is 0 Å². The maximum absolute atomic E-state index is 11.6. The summed E-state index contributed by atoms with van der Waals surface area (Å²) in [6.45, 7) is 4.33. The number of unbranched alkanes of at least 4 members (excludes halogenated alkanes) is 6. The Hall–Kier alpha value is -2.08. The first-order valence-electron chi connectivity index (χ1n) is 8.42. The highest BCUT2D eigenvalue weighted by Gasteiger charge is 2.11. The van der Waals surface area contributed by atoms with Crippen molar-refractivity contribution in [2.45, 2.75) is 58.8 Å². The lowest BCUT2D eigenvalue weighted by Crippen LogP contribution is -2.12. The van der Waals surface area contributed by atoms with Crippen molar-refractivity contribution in [2.24, 2.45) is 0 Å². The molecule has 6 heteroatoms. The summed E-state index contributed by atoms with van der Waals surface area (Å²) in [5, 5.41) is 4.14. The number of aryl methyl sites for hydroxylation is 1. The second kappa shape index (κ2) is 12.4. The molecule has 0 atom stereocenters. The van der Waals surface area contributed by atoms with Gasteiger partial charge < -0.3 is 4.74 Å². The van der Waals surface area contributed by atoms with Crippen LogP contribution in [0.25, 0.3) is 0 Å². The Balaban J connectivity index is 2.01. The normalized spacial score (nSPS) is 10.2. The maximum Gasteiger partial charge on any atom is 0.543 e. The van der Waals surface area contributed by atoms with Gasteiger partial charge in [0.1, 0.15) is 0 Å². The standard InChI is InChI=1S/C18H26O6/c1-3-4-5-6-7-8-9-14-21-18(20)23-24-22-17(19)16-12-10-15(2)11-13-16/h10-13H,3-9,14H2,1-2H3. The molecule has 1 aromatic carbocycles. The molecule has 0 N–H and O–H groups in total. The third-order valence-corrected chi connectivity index (χ3v) is 3.47. The largest absolute Gasteiger partial charge is 0.543 e.